The Hall–Kier alpha value is -3.58. The van der Waals surface area contributed by atoms with Crippen molar-refractivity contribution in [3.63, 3.8) is 0 Å². The van der Waals surface area contributed by atoms with Crippen molar-refractivity contribution in [2.45, 2.75) is 11.6 Å². The number of ether oxygens (including phenoxy) is 2. The number of methoxy groups -OCH3 is 1. The molecule has 0 unspecified atom stereocenters. The van der Waals surface area contributed by atoms with Gasteiger partial charge in [-0.3, -0.25) is 4.79 Å². The maximum absolute atomic E-state index is 12.4. The van der Waals surface area contributed by atoms with E-state index in [1.54, 1.807) is 31.4 Å². The van der Waals surface area contributed by atoms with Crippen LogP contribution < -0.4 is 14.8 Å². The average molecular weight is 432 g/mol. The number of aromatic nitrogens is 2. The smallest absolute Gasteiger partial charge is 0.234 e. The molecule has 31 heavy (non-hydrogen) atoms. The van der Waals surface area contributed by atoms with Gasteiger partial charge in [-0.2, -0.15) is 0 Å². The maximum Gasteiger partial charge on any atom is 0.234 e. The van der Waals surface area contributed by atoms with Crippen LogP contribution in [0.4, 0.5) is 5.69 Å². The van der Waals surface area contributed by atoms with Gasteiger partial charge >= 0.3 is 0 Å². The number of thioether (sulfide) groups is 1. The number of amides is 1. The van der Waals surface area contributed by atoms with Gasteiger partial charge < -0.3 is 14.8 Å². The first-order valence-corrected chi connectivity index (χ1v) is 10.7. The molecule has 0 saturated carbocycles. The first-order valence-electron chi connectivity index (χ1n) is 9.71. The summed E-state index contributed by atoms with van der Waals surface area (Å²) in [4.78, 5) is 21.7. The minimum absolute atomic E-state index is 0.111. The fourth-order valence-corrected chi connectivity index (χ4v) is 3.78. The molecule has 3 aromatic carbocycles. The van der Waals surface area contributed by atoms with Gasteiger partial charge in [0.05, 0.1) is 18.4 Å². The molecular weight excluding hydrogens is 410 g/mol. The van der Waals surface area contributed by atoms with Crippen molar-refractivity contribution in [2.24, 2.45) is 0 Å². The van der Waals surface area contributed by atoms with Crippen LogP contribution >= 0.6 is 11.8 Å². The van der Waals surface area contributed by atoms with E-state index in [1.807, 2.05) is 54.6 Å². The van der Waals surface area contributed by atoms with Gasteiger partial charge in [0, 0.05) is 11.1 Å². The van der Waals surface area contributed by atoms with Crippen LogP contribution in [0.25, 0.3) is 10.9 Å². The molecular formula is C24H21N3O3S. The zero-order valence-corrected chi connectivity index (χ0v) is 17.8. The van der Waals surface area contributed by atoms with E-state index in [4.69, 9.17) is 9.47 Å². The Labute approximate surface area is 184 Å². The molecule has 1 amide bonds. The van der Waals surface area contributed by atoms with Crippen molar-refractivity contribution in [2.75, 3.05) is 18.2 Å². The second-order valence-corrected chi connectivity index (χ2v) is 7.59. The van der Waals surface area contributed by atoms with Crippen molar-refractivity contribution >= 4 is 34.3 Å². The van der Waals surface area contributed by atoms with E-state index in [9.17, 15) is 4.79 Å². The minimum Gasteiger partial charge on any atom is -0.497 e. The molecule has 0 radical (unpaired) electrons. The molecule has 0 bridgehead atoms. The summed E-state index contributed by atoms with van der Waals surface area (Å²) in [7, 11) is 1.61. The van der Waals surface area contributed by atoms with Gasteiger partial charge in [0.25, 0.3) is 0 Å². The van der Waals surface area contributed by atoms with Crippen LogP contribution in [0.3, 0.4) is 0 Å². The van der Waals surface area contributed by atoms with Crippen LogP contribution in [-0.4, -0.2) is 28.7 Å². The molecule has 6 nitrogen and oxygen atoms in total. The number of nitrogens with one attached hydrogen (secondary N) is 1. The molecule has 0 aliphatic rings. The number of nitrogens with zero attached hydrogens (tertiary/aromatic N) is 2. The average Bonchev–Trinajstić information content (AvgIpc) is 2.82. The largest absolute Gasteiger partial charge is 0.497 e. The molecule has 0 fully saturated rings. The summed E-state index contributed by atoms with van der Waals surface area (Å²) in [5.41, 5.74) is 1.54. The van der Waals surface area contributed by atoms with E-state index in [0.717, 1.165) is 33.1 Å². The van der Waals surface area contributed by atoms with E-state index < -0.39 is 0 Å². The highest BCUT2D eigenvalue weighted by Gasteiger charge is 2.11. The zero-order chi connectivity index (χ0) is 21.5. The van der Waals surface area contributed by atoms with Gasteiger partial charge in [0.2, 0.25) is 5.91 Å². The second-order valence-electron chi connectivity index (χ2n) is 6.63. The topological polar surface area (TPSA) is 73.3 Å². The van der Waals surface area contributed by atoms with E-state index in [2.05, 4.69) is 15.3 Å². The first kappa shape index (κ1) is 20.7. The third-order valence-electron chi connectivity index (χ3n) is 4.44. The van der Waals surface area contributed by atoms with Gasteiger partial charge in [-0.1, -0.05) is 48.2 Å². The molecule has 1 N–H and O–H groups in total. The Bertz CT molecular complexity index is 1170. The molecule has 7 heteroatoms. The normalized spacial score (nSPS) is 10.6. The van der Waals surface area contributed by atoms with Gasteiger partial charge in [0.1, 0.15) is 23.1 Å². The number of carbonyl (C=O) groups is 1. The number of anilines is 1. The highest BCUT2D eigenvalue weighted by atomic mass is 32.2. The van der Waals surface area contributed by atoms with Crippen LogP contribution in [0.1, 0.15) is 5.82 Å². The Morgan fingerprint density at radius 1 is 0.903 bits per heavy atom. The van der Waals surface area contributed by atoms with Gasteiger partial charge in [-0.15, -0.1) is 0 Å². The molecule has 1 aromatic heterocycles. The van der Waals surface area contributed by atoms with Gasteiger partial charge in [-0.25, -0.2) is 9.97 Å². The number of para-hydroxylation sites is 2. The number of hydrogen-bond acceptors (Lipinski definition) is 6. The Morgan fingerprint density at radius 3 is 2.42 bits per heavy atom. The van der Waals surface area contributed by atoms with E-state index in [-0.39, 0.29) is 18.3 Å². The number of hydrogen-bond donors (Lipinski definition) is 1. The lowest BCUT2D eigenvalue weighted by atomic mass is 10.2. The third-order valence-corrected chi connectivity index (χ3v) is 5.43. The van der Waals surface area contributed by atoms with E-state index >= 15 is 0 Å². The highest BCUT2D eigenvalue weighted by molar-refractivity contribution is 8.00. The Balaban J connectivity index is 1.45. The van der Waals surface area contributed by atoms with Crippen molar-refractivity contribution in [1.82, 2.24) is 9.97 Å². The molecule has 4 aromatic rings. The molecule has 0 aliphatic carbocycles. The summed E-state index contributed by atoms with van der Waals surface area (Å²) >= 11 is 1.38. The second kappa shape index (κ2) is 9.95. The lowest BCUT2D eigenvalue weighted by Gasteiger charge is -2.10. The fourth-order valence-electron chi connectivity index (χ4n) is 2.94. The van der Waals surface area contributed by atoms with E-state index in [1.165, 1.54) is 11.8 Å². The van der Waals surface area contributed by atoms with Crippen LogP contribution in [0, 0.1) is 0 Å². The summed E-state index contributed by atoms with van der Waals surface area (Å²) in [5.74, 6) is 2.18. The standard InChI is InChI=1S/C24H21N3O3S/c1-29-18-13-11-17(12-14-18)25-23(28)16-31-24-20-9-5-6-10-21(20)26-22(27-24)15-30-19-7-3-2-4-8-19/h2-14H,15-16H2,1H3,(H,25,28). The summed E-state index contributed by atoms with van der Waals surface area (Å²) in [6.45, 7) is 0.250. The van der Waals surface area contributed by atoms with Crippen molar-refractivity contribution in [1.29, 1.82) is 0 Å². The van der Waals surface area contributed by atoms with Crippen LogP contribution in [0.5, 0.6) is 11.5 Å². The number of fused-ring (bicyclic) bond motifs is 1. The molecule has 4 rings (SSSR count). The lowest BCUT2D eigenvalue weighted by molar-refractivity contribution is -0.113. The number of benzene rings is 3. The molecule has 0 atom stereocenters. The van der Waals surface area contributed by atoms with Crippen molar-refractivity contribution in [3.8, 4) is 11.5 Å². The molecule has 0 spiro atoms. The lowest BCUT2D eigenvalue weighted by Crippen LogP contribution is -2.14. The Kier molecular flexibility index (Phi) is 6.64. The fraction of sp³-hybridized carbons (Fsp3) is 0.125. The van der Waals surface area contributed by atoms with Crippen LogP contribution in [0.15, 0.2) is 83.9 Å². The number of carbonyl (C=O) groups excluding carboxylic acids is 1. The van der Waals surface area contributed by atoms with Crippen molar-refractivity contribution in [3.05, 3.63) is 84.7 Å². The summed E-state index contributed by atoms with van der Waals surface area (Å²) in [5, 5.41) is 4.55. The summed E-state index contributed by atoms with van der Waals surface area (Å²) in [6, 6.07) is 24.5. The van der Waals surface area contributed by atoms with Gasteiger partial charge in [0.15, 0.2) is 5.82 Å². The van der Waals surface area contributed by atoms with Gasteiger partial charge in [-0.05, 0) is 42.5 Å². The first-order chi connectivity index (χ1) is 15.2. The SMILES string of the molecule is COc1ccc(NC(=O)CSc2nc(COc3ccccc3)nc3ccccc23)cc1. The number of rotatable bonds is 8. The third kappa shape index (κ3) is 5.52. The molecule has 0 aliphatic heterocycles. The predicted octanol–water partition coefficient (Wildman–Crippen LogP) is 4.95. The summed E-state index contributed by atoms with van der Waals surface area (Å²) < 4.78 is 10.9. The molecule has 0 saturated heterocycles. The zero-order valence-electron chi connectivity index (χ0n) is 16.9. The maximum atomic E-state index is 12.4. The highest BCUT2D eigenvalue weighted by Crippen LogP contribution is 2.26. The van der Waals surface area contributed by atoms with Crippen LogP contribution in [0.2, 0.25) is 0 Å². The monoisotopic (exact) mass is 431 g/mol. The predicted molar refractivity (Wildman–Crippen MR) is 123 cm³/mol. The molecule has 1 heterocycles. The molecule has 156 valence electrons. The van der Waals surface area contributed by atoms with Crippen molar-refractivity contribution < 1.29 is 14.3 Å². The van der Waals surface area contributed by atoms with E-state index in [0.29, 0.717) is 5.82 Å². The quantitative estimate of drug-likeness (QED) is 0.314. The van der Waals surface area contributed by atoms with Crippen LogP contribution in [-0.2, 0) is 11.4 Å². The summed E-state index contributed by atoms with van der Waals surface area (Å²) in [6.07, 6.45) is 0. The minimum atomic E-state index is -0.111. The Morgan fingerprint density at radius 2 is 1.65 bits per heavy atom.